The minimum absolute atomic E-state index is 0.0422. The minimum atomic E-state index is -1.57. The Labute approximate surface area is 145 Å². The molecule has 1 aliphatic heterocycles. The van der Waals surface area contributed by atoms with Gasteiger partial charge in [0.25, 0.3) is 0 Å². The fourth-order valence-corrected chi connectivity index (χ4v) is 3.27. The SMILES string of the molecule is Oc1ccc2c(c1C(O)(c1ccccc1)c1ccccc1)OCCO2. The number of ether oxygens (including phenoxy) is 2. The molecule has 4 heteroatoms. The van der Waals surface area contributed by atoms with E-state index in [1.807, 2.05) is 60.7 Å². The topological polar surface area (TPSA) is 58.9 Å². The lowest BCUT2D eigenvalue weighted by Gasteiger charge is -2.33. The van der Waals surface area contributed by atoms with Crippen LogP contribution in [0.15, 0.2) is 72.8 Å². The molecule has 0 spiro atoms. The zero-order valence-corrected chi connectivity index (χ0v) is 13.6. The normalized spacial score (nSPS) is 13.5. The molecular formula is C21H18O4. The lowest BCUT2D eigenvalue weighted by molar-refractivity contribution is 0.108. The van der Waals surface area contributed by atoms with E-state index in [-0.39, 0.29) is 5.75 Å². The summed E-state index contributed by atoms with van der Waals surface area (Å²) in [7, 11) is 0. The number of aromatic hydroxyl groups is 1. The maximum absolute atomic E-state index is 11.9. The summed E-state index contributed by atoms with van der Waals surface area (Å²) in [4.78, 5) is 0. The van der Waals surface area contributed by atoms with Crippen molar-refractivity contribution in [1.29, 1.82) is 0 Å². The van der Waals surface area contributed by atoms with Gasteiger partial charge in [0.15, 0.2) is 11.5 Å². The quantitative estimate of drug-likeness (QED) is 0.720. The molecule has 25 heavy (non-hydrogen) atoms. The smallest absolute Gasteiger partial charge is 0.171 e. The maximum atomic E-state index is 11.9. The number of fused-ring (bicyclic) bond motifs is 1. The Morgan fingerprint density at radius 2 is 1.28 bits per heavy atom. The third-order valence-corrected chi connectivity index (χ3v) is 4.43. The molecule has 0 amide bonds. The number of hydrogen-bond acceptors (Lipinski definition) is 4. The molecule has 0 fully saturated rings. The summed E-state index contributed by atoms with van der Waals surface area (Å²) in [5, 5.41) is 22.5. The van der Waals surface area contributed by atoms with Gasteiger partial charge in [-0.1, -0.05) is 60.7 Å². The predicted molar refractivity (Wildman–Crippen MR) is 94.1 cm³/mol. The molecule has 0 atom stereocenters. The zero-order chi connectivity index (χ0) is 17.3. The molecule has 1 aliphatic rings. The van der Waals surface area contributed by atoms with Crippen LogP contribution >= 0.6 is 0 Å². The molecule has 0 unspecified atom stereocenters. The van der Waals surface area contributed by atoms with Crippen molar-refractivity contribution < 1.29 is 19.7 Å². The van der Waals surface area contributed by atoms with Crippen LogP contribution in [-0.4, -0.2) is 23.4 Å². The second-order valence-corrected chi connectivity index (χ2v) is 5.93. The summed E-state index contributed by atoms with van der Waals surface area (Å²) >= 11 is 0. The number of aliphatic hydroxyl groups is 1. The molecule has 0 saturated heterocycles. The average molecular weight is 334 g/mol. The summed E-state index contributed by atoms with van der Waals surface area (Å²) < 4.78 is 11.4. The number of phenolic OH excluding ortho intramolecular Hbond substituents is 1. The van der Waals surface area contributed by atoms with Crippen molar-refractivity contribution in [2.45, 2.75) is 5.60 Å². The van der Waals surface area contributed by atoms with Crippen LogP contribution in [0.5, 0.6) is 17.2 Å². The predicted octanol–water partition coefficient (Wildman–Crippen LogP) is 3.45. The minimum Gasteiger partial charge on any atom is -0.507 e. The van der Waals surface area contributed by atoms with E-state index in [4.69, 9.17) is 9.47 Å². The molecule has 3 aromatic carbocycles. The highest BCUT2D eigenvalue weighted by molar-refractivity contribution is 5.62. The Kier molecular flexibility index (Phi) is 3.82. The average Bonchev–Trinajstić information content (AvgIpc) is 2.69. The second-order valence-electron chi connectivity index (χ2n) is 5.93. The first-order chi connectivity index (χ1) is 12.2. The van der Waals surface area contributed by atoms with Crippen LogP contribution in [0.4, 0.5) is 0 Å². The summed E-state index contributed by atoms with van der Waals surface area (Å²) in [6.45, 7) is 0.801. The van der Waals surface area contributed by atoms with Crippen molar-refractivity contribution in [1.82, 2.24) is 0 Å². The summed E-state index contributed by atoms with van der Waals surface area (Å²) in [5.74, 6) is 0.852. The van der Waals surface area contributed by atoms with Crippen LogP contribution in [0.25, 0.3) is 0 Å². The molecule has 1 heterocycles. The molecule has 126 valence electrons. The highest BCUT2D eigenvalue weighted by Crippen LogP contribution is 2.49. The largest absolute Gasteiger partial charge is 0.507 e. The van der Waals surface area contributed by atoms with Crippen molar-refractivity contribution in [3.8, 4) is 17.2 Å². The Balaban J connectivity index is 2.04. The van der Waals surface area contributed by atoms with E-state index in [1.165, 1.54) is 6.07 Å². The van der Waals surface area contributed by atoms with Gasteiger partial charge in [-0.2, -0.15) is 0 Å². The fourth-order valence-electron chi connectivity index (χ4n) is 3.27. The standard InChI is InChI=1S/C21H18O4/c22-17-11-12-18-20(25-14-13-24-18)19(17)21(23,15-7-3-1-4-8-15)16-9-5-2-6-10-16/h1-12,22-23H,13-14H2. The molecule has 0 bridgehead atoms. The third-order valence-electron chi connectivity index (χ3n) is 4.43. The molecular weight excluding hydrogens is 316 g/mol. The fraction of sp³-hybridized carbons (Fsp3) is 0.143. The van der Waals surface area contributed by atoms with Gasteiger partial charge in [-0.15, -0.1) is 0 Å². The molecule has 0 radical (unpaired) electrons. The van der Waals surface area contributed by atoms with Gasteiger partial charge < -0.3 is 19.7 Å². The monoisotopic (exact) mass is 334 g/mol. The Morgan fingerprint density at radius 1 is 0.720 bits per heavy atom. The first-order valence-electron chi connectivity index (χ1n) is 8.16. The van der Waals surface area contributed by atoms with E-state index in [0.29, 0.717) is 41.4 Å². The first kappa shape index (κ1) is 15.5. The lowest BCUT2D eigenvalue weighted by Crippen LogP contribution is -2.31. The van der Waals surface area contributed by atoms with Crippen molar-refractivity contribution >= 4 is 0 Å². The van der Waals surface area contributed by atoms with Gasteiger partial charge in [0.2, 0.25) is 0 Å². The zero-order valence-electron chi connectivity index (χ0n) is 13.6. The number of hydrogen-bond donors (Lipinski definition) is 2. The Morgan fingerprint density at radius 3 is 1.88 bits per heavy atom. The van der Waals surface area contributed by atoms with Gasteiger partial charge >= 0.3 is 0 Å². The third kappa shape index (κ3) is 2.51. The van der Waals surface area contributed by atoms with E-state index in [9.17, 15) is 10.2 Å². The van der Waals surface area contributed by atoms with Gasteiger partial charge in [-0.25, -0.2) is 0 Å². The van der Waals surface area contributed by atoms with Crippen LogP contribution in [0, 0.1) is 0 Å². The molecule has 3 aromatic rings. The van der Waals surface area contributed by atoms with E-state index in [1.54, 1.807) is 6.07 Å². The molecule has 0 aliphatic carbocycles. The highest BCUT2D eigenvalue weighted by Gasteiger charge is 2.40. The van der Waals surface area contributed by atoms with Crippen molar-refractivity contribution in [3.05, 3.63) is 89.5 Å². The van der Waals surface area contributed by atoms with Crippen molar-refractivity contribution in [2.75, 3.05) is 13.2 Å². The van der Waals surface area contributed by atoms with Gasteiger partial charge in [-0.05, 0) is 23.3 Å². The second kappa shape index (κ2) is 6.15. The summed E-state index contributed by atoms with van der Waals surface area (Å²) in [6.07, 6.45) is 0. The molecule has 0 aromatic heterocycles. The molecule has 4 rings (SSSR count). The van der Waals surface area contributed by atoms with Crippen LogP contribution in [0.1, 0.15) is 16.7 Å². The van der Waals surface area contributed by atoms with Crippen molar-refractivity contribution in [2.24, 2.45) is 0 Å². The summed E-state index contributed by atoms with van der Waals surface area (Å²) in [5.41, 5.74) is -0.00111. The van der Waals surface area contributed by atoms with Crippen molar-refractivity contribution in [3.63, 3.8) is 0 Å². The van der Waals surface area contributed by atoms with Gasteiger partial charge in [0.1, 0.15) is 24.6 Å². The molecule has 2 N–H and O–H groups in total. The lowest BCUT2D eigenvalue weighted by atomic mass is 9.79. The highest BCUT2D eigenvalue weighted by atomic mass is 16.6. The van der Waals surface area contributed by atoms with Crippen LogP contribution in [0.2, 0.25) is 0 Å². The molecule has 0 saturated carbocycles. The number of benzene rings is 3. The van der Waals surface area contributed by atoms with Gasteiger partial charge in [0, 0.05) is 0 Å². The number of phenols is 1. The summed E-state index contributed by atoms with van der Waals surface area (Å²) in [6, 6.07) is 21.7. The van der Waals surface area contributed by atoms with Gasteiger partial charge in [-0.3, -0.25) is 0 Å². The van der Waals surface area contributed by atoms with E-state index in [0.717, 1.165) is 0 Å². The van der Waals surface area contributed by atoms with E-state index in [2.05, 4.69) is 0 Å². The van der Waals surface area contributed by atoms with E-state index >= 15 is 0 Å². The van der Waals surface area contributed by atoms with Crippen LogP contribution in [0.3, 0.4) is 0 Å². The van der Waals surface area contributed by atoms with Crippen LogP contribution in [-0.2, 0) is 5.60 Å². The molecule has 4 nitrogen and oxygen atoms in total. The van der Waals surface area contributed by atoms with E-state index < -0.39 is 5.60 Å². The maximum Gasteiger partial charge on any atom is 0.171 e. The first-order valence-corrected chi connectivity index (χ1v) is 8.16. The Bertz CT molecular complexity index is 836. The number of rotatable bonds is 3. The van der Waals surface area contributed by atoms with Gasteiger partial charge in [0.05, 0.1) is 5.56 Å². The Hall–Kier alpha value is -2.98. The van der Waals surface area contributed by atoms with Crippen LogP contribution < -0.4 is 9.47 Å².